The van der Waals surface area contributed by atoms with Crippen LogP contribution in [0.2, 0.25) is 0 Å². The molecule has 0 aliphatic carbocycles. The van der Waals surface area contributed by atoms with Gasteiger partial charge >= 0.3 is 0 Å². The van der Waals surface area contributed by atoms with Crippen molar-refractivity contribution in [1.82, 2.24) is 35.1 Å². The fourth-order valence-electron chi connectivity index (χ4n) is 4.09. The number of fused-ring (bicyclic) bond motifs is 1. The van der Waals surface area contributed by atoms with E-state index in [1.54, 1.807) is 6.92 Å². The second kappa shape index (κ2) is 9.12. The number of nitrogens with one attached hydrogen (secondary N) is 2. The van der Waals surface area contributed by atoms with Crippen molar-refractivity contribution >= 4 is 11.0 Å². The van der Waals surface area contributed by atoms with Crippen molar-refractivity contribution in [3.63, 3.8) is 0 Å². The molecule has 4 aromatic rings. The van der Waals surface area contributed by atoms with E-state index >= 15 is 0 Å². The fourth-order valence-corrected chi connectivity index (χ4v) is 4.09. The predicted molar refractivity (Wildman–Crippen MR) is 123 cm³/mol. The van der Waals surface area contributed by atoms with Crippen molar-refractivity contribution in [2.24, 2.45) is 0 Å². The first-order chi connectivity index (χ1) is 15.6. The van der Waals surface area contributed by atoms with Crippen molar-refractivity contribution in [3.05, 3.63) is 71.7 Å². The molecule has 8 nitrogen and oxygen atoms in total. The third-order valence-electron chi connectivity index (χ3n) is 5.79. The minimum atomic E-state index is -0.630. The number of imidazole rings is 1. The van der Waals surface area contributed by atoms with Crippen LogP contribution in [-0.2, 0) is 13.0 Å². The van der Waals surface area contributed by atoms with Gasteiger partial charge in [0.1, 0.15) is 12.2 Å². The highest BCUT2D eigenvalue weighted by molar-refractivity contribution is 5.81. The number of hydrogen-bond donors (Lipinski definition) is 3. The molecule has 1 saturated heterocycles. The third-order valence-corrected chi connectivity index (χ3v) is 5.79. The molecule has 0 radical (unpaired) electrons. The van der Waals surface area contributed by atoms with Gasteiger partial charge in [-0.2, -0.15) is 0 Å². The largest absolute Gasteiger partial charge is 0.387 e. The highest BCUT2D eigenvalue weighted by Crippen LogP contribution is 2.24. The predicted octanol–water partition coefficient (Wildman–Crippen LogP) is 2.46. The second-order valence-corrected chi connectivity index (χ2v) is 8.28. The van der Waals surface area contributed by atoms with Gasteiger partial charge < -0.3 is 15.4 Å². The van der Waals surface area contributed by atoms with Crippen LogP contribution in [0.15, 0.2) is 48.9 Å². The molecule has 4 heterocycles. The second-order valence-electron chi connectivity index (χ2n) is 8.28. The van der Waals surface area contributed by atoms with Gasteiger partial charge in [-0.3, -0.25) is 9.88 Å². The summed E-state index contributed by atoms with van der Waals surface area (Å²) < 4.78 is 0. The molecule has 3 N–H and O–H groups in total. The van der Waals surface area contributed by atoms with Gasteiger partial charge in [-0.25, -0.2) is 15.0 Å². The Labute approximate surface area is 186 Å². The van der Waals surface area contributed by atoms with E-state index in [1.165, 1.54) is 11.9 Å². The van der Waals surface area contributed by atoms with Gasteiger partial charge in [-0.05, 0) is 42.8 Å². The number of aliphatic hydroxyl groups is 1. The molecular formula is C24H27N7O. The fraction of sp³-hybridized carbons (Fsp3) is 0.333. The van der Waals surface area contributed by atoms with Crippen LogP contribution >= 0.6 is 0 Å². The molecule has 0 saturated carbocycles. The van der Waals surface area contributed by atoms with Gasteiger partial charge in [-0.15, -0.1) is 0 Å². The van der Waals surface area contributed by atoms with Crippen molar-refractivity contribution in [2.45, 2.75) is 26.0 Å². The Hall–Kier alpha value is -3.20. The van der Waals surface area contributed by atoms with E-state index in [9.17, 15) is 5.11 Å². The van der Waals surface area contributed by atoms with Crippen molar-refractivity contribution < 1.29 is 5.11 Å². The average molecular weight is 430 g/mol. The van der Waals surface area contributed by atoms with E-state index in [-0.39, 0.29) is 0 Å². The lowest BCUT2D eigenvalue weighted by atomic mass is 10.1. The van der Waals surface area contributed by atoms with Gasteiger partial charge in [0.05, 0.1) is 28.5 Å². The standard InChI is InChI=1S/C24H27N7O/c1-16(32)21-13-22(28-15-27-21)18-2-3-20-23(11-18)30-24(29-20)12-19-10-17(4-5-26-19)14-31-8-6-25-7-9-31/h2-5,10-11,13,15-16,25,32H,6-9,12,14H2,1H3,(H,29,30). The topological polar surface area (TPSA) is 103 Å². The van der Waals surface area contributed by atoms with E-state index in [2.05, 4.69) is 42.3 Å². The highest BCUT2D eigenvalue weighted by atomic mass is 16.3. The summed E-state index contributed by atoms with van der Waals surface area (Å²) in [5.41, 5.74) is 6.48. The van der Waals surface area contributed by atoms with E-state index in [0.717, 1.165) is 66.5 Å². The smallest absolute Gasteiger partial charge is 0.116 e. The van der Waals surface area contributed by atoms with Crippen LogP contribution < -0.4 is 5.32 Å². The van der Waals surface area contributed by atoms with E-state index in [4.69, 9.17) is 4.98 Å². The van der Waals surface area contributed by atoms with Crippen LogP contribution in [0.1, 0.15) is 35.8 Å². The summed E-state index contributed by atoms with van der Waals surface area (Å²) in [6, 6.07) is 12.1. The first-order valence-electron chi connectivity index (χ1n) is 11.0. The summed E-state index contributed by atoms with van der Waals surface area (Å²) >= 11 is 0. The molecule has 0 spiro atoms. The lowest BCUT2D eigenvalue weighted by Gasteiger charge is -2.27. The summed E-state index contributed by atoms with van der Waals surface area (Å²) in [5, 5.41) is 13.2. The quantitative estimate of drug-likeness (QED) is 0.433. The lowest BCUT2D eigenvalue weighted by Crippen LogP contribution is -2.42. The number of H-pyrrole nitrogens is 1. The molecule has 3 aromatic heterocycles. The summed E-state index contributed by atoms with van der Waals surface area (Å²) in [6.45, 7) is 6.91. The molecule has 1 atom stereocenters. The summed E-state index contributed by atoms with van der Waals surface area (Å²) in [7, 11) is 0. The first-order valence-corrected chi connectivity index (χ1v) is 11.0. The van der Waals surface area contributed by atoms with Gasteiger partial charge in [0.2, 0.25) is 0 Å². The molecule has 1 aliphatic heterocycles. The average Bonchev–Trinajstić information content (AvgIpc) is 3.21. The van der Waals surface area contributed by atoms with Crippen LogP contribution in [0.4, 0.5) is 0 Å². The highest BCUT2D eigenvalue weighted by Gasteiger charge is 2.12. The normalized spacial score (nSPS) is 15.8. The number of benzene rings is 1. The summed E-state index contributed by atoms with van der Waals surface area (Å²) in [6.07, 6.45) is 3.40. The van der Waals surface area contributed by atoms with Crippen molar-refractivity contribution in [3.8, 4) is 11.3 Å². The number of aliphatic hydroxyl groups excluding tert-OH is 1. The van der Waals surface area contributed by atoms with E-state index in [1.807, 2.05) is 30.5 Å². The Balaban J connectivity index is 1.34. The van der Waals surface area contributed by atoms with Crippen LogP contribution in [0.5, 0.6) is 0 Å². The molecule has 0 amide bonds. The third kappa shape index (κ3) is 4.67. The minimum Gasteiger partial charge on any atom is -0.387 e. The Kier molecular flexibility index (Phi) is 5.89. The maximum absolute atomic E-state index is 9.80. The zero-order valence-corrected chi connectivity index (χ0v) is 18.1. The van der Waals surface area contributed by atoms with Crippen molar-refractivity contribution in [1.29, 1.82) is 0 Å². The van der Waals surface area contributed by atoms with Gasteiger partial charge in [-0.1, -0.05) is 6.07 Å². The van der Waals surface area contributed by atoms with E-state index in [0.29, 0.717) is 12.1 Å². The number of aromatic amines is 1. The number of hydrogen-bond acceptors (Lipinski definition) is 7. The van der Waals surface area contributed by atoms with Gasteiger partial charge in [0, 0.05) is 56.6 Å². The molecule has 0 bridgehead atoms. The number of rotatable bonds is 6. The molecule has 1 aromatic carbocycles. The summed E-state index contributed by atoms with van der Waals surface area (Å²) in [4.78, 5) is 23.7. The van der Waals surface area contributed by atoms with Crippen LogP contribution in [0.3, 0.4) is 0 Å². The molecular weight excluding hydrogens is 402 g/mol. The Morgan fingerprint density at radius 3 is 2.78 bits per heavy atom. The number of nitrogens with zero attached hydrogens (tertiary/aromatic N) is 5. The Morgan fingerprint density at radius 2 is 1.94 bits per heavy atom. The molecule has 1 fully saturated rings. The van der Waals surface area contributed by atoms with Gasteiger partial charge in [0.25, 0.3) is 0 Å². The zero-order valence-electron chi connectivity index (χ0n) is 18.1. The molecule has 5 rings (SSSR count). The number of aromatic nitrogens is 5. The monoisotopic (exact) mass is 429 g/mol. The molecule has 1 aliphatic rings. The maximum atomic E-state index is 9.80. The van der Waals surface area contributed by atoms with Crippen LogP contribution in [0, 0.1) is 0 Å². The zero-order chi connectivity index (χ0) is 21.9. The van der Waals surface area contributed by atoms with Crippen LogP contribution in [-0.4, -0.2) is 61.1 Å². The number of piperazine rings is 1. The SMILES string of the molecule is CC(O)c1cc(-c2ccc3nc(Cc4cc(CN5CCNCC5)ccn4)[nH]c3c2)ncn1. The Morgan fingerprint density at radius 1 is 1.06 bits per heavy atom. The van der Waals surface area contributed by atoms with E-state index < -0.39 is 6.10 Å². The van der Waals surface area contributed by atoms with Gasteiger partial charge in [0.15, 0.2) is 0 Å². The number of pyridine rings is 1. The maximum Gasteiger partial charge on any atom is 0.116 e. The minimum absolute atomic E-state index is 0.604. The molecule has 164 valence electrons. The van der Waals surface area contributed by atoms with Crippen molar-refractivity contribution in [2.75, 3.05) is 26.2 Å². The van der Waals surface area contributed by atoms with Crippen LogP contribution in [0.25, 0.3) is 22.3 Å². The first kappa shape index (κ1) is 20.7. The molecule has 8 heteroatoms. The summed E-state index contributed by atoms with van der Waals surface area (Å²) in [5.74, 6) is 0.885. The molecule has 1 unspecified atom stereocenters. The lowest BCUT2D eigenvalue weighted by molar-refractivity contribution is 0.194. The molecule has 32 heavy (non-hydrogen) atoms. The Bertz CT molecular complexity index is 1210.